The number of ketones is 1. The minimum Gasteiger partial charge on any atom is -0.426 e. The summed E-state index contributed by atoms with van der Waals surface area (Å²) in [5, 5.41) is 0. The Morgan fingerprint density at radius 1 is 0.760 bits per heavy atom. The van der Waals surface area contributed by atoms with E-state index in [4.69, 9.17) is 4.74 Å². The van der Waals surface area contributed by atoms with E-state index in [1.54, 1.807) is 18.2 Å². The Balaban J connectivity index is 2.18. The lowest BCUT2D eigenvalue weighted by Gasteiger charge is -2.09. The van der Waals surface area contributed by atoms with Gasteiger partial charge in [-0.25, -0.2) is 0 Å². The molecule has 0 unspecified atom stereocenters. The molecule has 3 rings (SSSR count). The van der Waals surface area contributed by atoms with E-state index in [1.807, 2.05) is 36.4 Å². The summed E-state index contributed by atoms with van der Waals surface area (Å²) in [5.41, 5.74) is 5.17. The Morgan fingerprint density at radius 2 is 1.24 bits per heavy atom. The van der Waals surface area contributed by atoms with Gasteiger partial charge in [-0.1, -0.05) is 60.7 Å². The number of fused-ring (bicyclic) bond motifs is 3. The molecule has 0 aliphatic heterocycles. The van der Waals surface area contributed by atoms with E-state index in [-0.39, 0.29) is 11.8 Å². The number of rotatable bonds is 4. The van der Waals surface area contributed by atoms with Gasteiger partial charge in [0.25, 0.3) is 0 Å². The maximum absolute atomic E-state index is 11.6. The maximum atomic E-state index is 11.6. The van der Waals surface area contributed by atoms with Crippen LogP contribution in [-0.4, -0.2) is 11.8 Å². The summed E-state index contributed by atoms with van der Waals surface area (Å²) in [7, 11) is 0. The number of allylic oxidation sites excluding steroid dienone is 4. The van der Waals surface area contributed by atoms with Crippen molar-refractivity contribution >= 4 is 17.3 Å². The van der Waals surface area contributed by atoms with Crippen LogP contribution in [0.3, 0.4) is 0 Å². The van der Waals surface area contributed by atoms with Crippen LogP contribution >= 0.6 is 0 Å². The molecule has 124 valence electrons. The molecule has 0 aromatic heterocycles. The highest BCUT2D eigenvalue weighted by atomic mass is 16.5. The van der Waals surface area contributed by atoms with Gasteiger partial charge in [0.2, 0.25) is 0 Å². The Labute approximate surface area is 146 Å². The Morgan fingerprint density at radius 3 is 1.72 bits per heavy atom. The van der Waals surface area contributed by atoms with Crippen LogP contribution in [0.15, 0.2) is 78.6 Å². The number of benzene rings is 2. The van der Waals surface area contributed by atoms with Crippen molar-refractivity contribution in [1.29, 1.82) is 0 Å². The largest absolute Gasteiger partial charge is 0.426 e. The van der Waals surface area contributed by atoms with Crippen LogP contribution in [0.25, 0.3) is 16.7 Å². The van der Waals surface area contributed by atoms with Crippen molar-refractivity contribution in [3.05, 3.63) is 89.7 Å². The van der Waals surface area contributed by atoms with Crippen molar-refractivity contribution in [1.82, 2.24) is 0 Å². The van der Waals surface area contributed by atoms with Crippen molar-refractivity contribution in [2.75, 3.05) is 0 Å². The van der Waals surface area contributed by atoms with Crippen LogP contribution in [0, 0.1) is 0 Å². The molecular weight excluding hydrogens is 312 g/mol. The van der Waals surface area contributed by atoms with Gasteiger partial charge in [-0.15, -0.1) is 0 Å². The van der Waals surface area contributed by atoms with Crippen LogP contribution in [-0.2, 0) is 14.3 Å². The molecule has 0 amide bonds. The first-order valence-electron chi connectivity index (χ1n) is 8.05. The molecule has 0 radical (unpaired) electrons. The summed E-state index contributed by atoms with van der Waals surface area (Å²) in [6, 6.07) is 16.1. The fourth-order valence-corrected chi connectivity index (χ4v) is 2.94. The predicted molar refractivity (Wildman–Crippen MR) is 98.6 cm³/mol. The fraction of sp³-hybridized carbons (Fsp3) is 0.0909. The number of esters is 1. The first-order chi connectivity index (χ1) is 12.1. The molecule has 0 fully saturated rings. The predicted octanol–water partition coefficient (Wildman–Crippen LogP) is 4.69. The summed E-state index contributed by atoms with van der Waals surface area (Å²) in [4.78, 5) is 22.6. The second kappa shape index (κ2) is 7.14. The van der Waals surface area contributed by atoms with Crippen LogP contribution in [0.4, 0.5) is 0 Å². The molecule has 0 saturated heterocycles. The highest BCUT2D eigenvalue weighted by Crippen LogP contribution is 2.45. The lowest BCUT2D eigenvalue weighted by Crippen LogP contribution is -2.00. The van der Waals surface area contributed by atoms with Gasteiger partial charge in [-0.2, -0.15) is 0 Å². The molecule has 0 spiro atoms. The zero-order valence-corrected chi connectivity index (χ0v) is 14.2. The zero-order chi connectivity index (χ0) is 17.8. The lowest BCUT2D eigenvalue weighted by molar-refractivity contribution is -0.136. The van der Waals surface area contributed by atoms with E-state index < -0.39 is 0 Å². The van der Waals surface area contributed by atoms with Crippen molar-refractivity contribution < 1.29 is 14.3 Å². The third kappa shape index (κ3) is 3.50. The van der Waals surface area contributed by atoms with E-state index in [0.717, 1.165) is 27.8 Å². The number of ether oxygens (including phenoxy) is 1. The Bertz CT molecular complexity index is 882. The Hall–Kier alpha value is -3.20. The molecule has 1 aliphatic rings. The zero-order valence-electron chi connectivity index (χ0n) is 14.2. The summed E-state index contributed by atoms with van der Waals surface area (Å²) in [6.07, 6.45) is 6.52. The second-order valence-electron chi connectivity index (χ2n) is 5.75. The molecule has 0 bridgehead atoms. The standard InChI is InChI=1S/C22H18O3/c1-15(23)9-3-8-14-21(25-16(2)24)22-19-12-6-4-10-17(19)18-11-5-7-13-20(18)22/h3-14H,1-2H3/b9-3+,14-8+. The Kier molecular flexibility index (Phi) is 4.75. The molecule has 2 aromatic rings. The van der Waals surface area contributed by atoms with Crippen LogP contribution in [0.2, 0.25) is 0 Å². The van der Waals surface area contributed by atoms with E-state index in [2.05, 4.69) is 12.1 Å². The fourth-order valence-electron chi connectivity index (χ4n) is 2.94. The van der Waals surface area contributed by atoms with Crippen molar-refractivity contribution in [3.8, 4) is 11.1 Å². The number of carbonyl (C=O) groups excluding carboxylic acids is 2. The monoisotopic (exact) mass is 330 g/mol. The molecule has 0 atom stereocenters. The molecule has 0 heterocycles. The number of hydrogen-bond acceptors (Lipinski definition) is 3. The van der Waals surface area contributed by atoms with Crippen molar-refractivity contribution in [2.24, 2.45) is 0 Å². The highest BCUT2D eigenvalue weighted by molar-refractivity contribution is 6.02. The third-order valence-corrected chi connectivity index (χ3v) is 3.87. The molecule has 1 aliphatic carbocycles. The molecule has 3 nitrogen and oxygen atoms in total. The minimum absolute atomic E-state index is 0.0390. The van der Waals surface area contributed by atoms with Crippen molar-refractivity contribution in [2.45, 2.75) is 13.8 Å². The average molecular weight is 330 g/mol. The van der Waals surface area contributed by atoms with Gasteiger partial charge in [-0.05, 0) is 41.3 Å². The topological polar surface area (TPSA) is 43.4 Å². The quantitative estimate of drug-likeness (QED) is 0.302. The van der Waals surface area contributed by atoms with E-state index in [1.165, 1.54) is 19.9 Å². The second-order valence-corrected chi connectivity index (χ2v) is 5.75. The van der Waals surface area contributed by atoms with Crippen LogP contribution in [0.1, 0.15) is 25.0 Å². The molecule has 2 aromatic carbocycles. The van der Waals surface area contributed by atoms with Gasteiger partial charge in [-0.3, -0.25) is 9.59 Å². The first-order valence-corrected chi connectivity index (χ1v) is 8.05. The summed E-state index contributed by atoms with van der Waals surface area (Å²) >= 11 is 0. The number of hydrogen-bond donors (Lipinski definition) is 0. The molecule has 3 heteroatoms. The van der Waals surface area contributed by atoms with E-state index in [9.17, 15) is 9.59 Å². The first kappa shape index (κ1) is 16.7. The molecule has 0 N–H and O–H groups in total. The SMILES string of the molecule is CC(=O)/C=C/C=C/C(OC(C)=O)=C1c2ccccc2-c2ccccc21. The summed E-state index contributed by atoms with van der Waals surface area (Å²) in [5.74, 6) is 0.0468. The van der Waals surface area contributed by atoms with Crippen molar-refractivity contribution in [3.63, 3.8) is 0 Å². The van der Waals surface area contributed by atoms with Gasteiger partial charge in [0.1, 0.15) is 5.76 Å². The summed E-state index contributed by atoms with van der Waals surface area (Å²) < 4.78 is 5.49. The molecule has 0 saturated carbocycles. The van der Waals surface area contributed by atoms with Gasteiger partial charge < -0.3 is 4.74 Å². The number of carbonyl (C=O) groups is 2. The average Bonchev–Trinajstić information content (AvgIpc) is 2.92. The van der Waals surface area contributed by atoms with Crippen LogP contribution in [0.5, 0.6) is 0 Å². The van der Waals surface area contributed by atoms with Gasteiger partial charge >= 0.3 is 5.97 Å². The van der Waals surface area contributed by atoms with Gasteiger partial charge in [0.15, 0.2) is 5.78 Å². The molecule has 25 heavy (non-hydrogen) atoms. The summed E-state index contributed by atoms with van der Waals surface area (Å²) in [6.45, 7) is 2.87. The third-order valence-electron chi connectivity index (χ3n) is 3.87. The smallest absolute Gasteiger partial charge is 0.308 e. The minimum atomic E-state index is -0.385. The normalized spacial score (nSPS) is 12.3. The van der Waals surface area contributed by atoms with Gasteiger partial charge in [0.05, 0.1) is 0 Å². The molecular formula is C22H18O3. The maximum Gasteiger partial charge on any atom is 0.308 e. The van der Waals surface area contributed by atoms with E-state index >= 15 is 0 Å². The van der Waals surface area contributed by atoms with E-state index in [0.29, 0.717) is 5.76 Å². The highest BCUT2D eigenvalue weighted by Gasteiger charge is 2.26. The van der Waals surface area contributed by atoms with Crippen LogP contribution < -0.4 is 0 Å². The van der Waals surface area contributed by atoms with Gasteiger partial charge in [0, 0.05) is 12.5 Å². The lowest BCUT2D eigenvalue weighted by atomic mass is 10.0.